The molecule has 5 nitrogen and oxygen atoms in total. The van der Waals surface area contributed by atoms with E-state index in [0.29, 0.717) is 40.3 Å². The van der Waals surface area contributed by atoms with E-state index in [1.54, 1.807) is 35.3 Å². The van der Waals surface area contributed by atoms with E-state index in [2.05, 4.69) is 5.10 Å². The zero-order valence-corrected chi connectivity index (χ0v) is 14.9. The first-order valence-corrected chi connectivity index (χ1v) is 8.71. The van der Waals surface area contributed by atoms with Gasteiger partial charge in [-0.2, -0.15) is 5.10 Å². The van der Waals surface area contributed by atoms with E-state index in [1.165, 1.54) is 0 Å². The van der Waals surface area contributed by atoms with Gasteiger partial charge < -0.3 is 9.64 Å². The van der Waals surface area contributed by atoms with Crippen molar-refractivity contribution in [2.45, 2.75) is 13.3 Å². The second-order valence-corrected chi connectivity index (χ2v) is 6.69. The van der Waals surface area contributed by atoms with Gasteiger partial charge in [-0.1, -0.05) is 23.2 Å². The average Bonchev–Trinajstić information content (AvgIpc) is 3.23. The highest BCUT2D eigenvalue weighted by Gasteiger charge is 2.23. The van der Waals surface area contributed by atoms with Gasteiger partial charge in [-0.3, -0.25) is 4.79 Å². The molecule has 0 N–H and O–H groups in total. The molecule has 0 spiro atoms. The van der Waals surface area contributed by atoms with Gasteiger partial charge in [0, 0.05) is 36.8 Å². The second-order valence-electron chi connectivity index (χ2n) is 5.84. The average molecular weight is 368 g/mol. The van der Waals surface area contributed by atoms with Crippen molar-refractivity contribution in [1.82, 2.24) is 14.7 Å². The molecule has 0 aliphatic carbocycles. The summed E-state index contributed by atoms with van der Waals surface area (Å²) in [5.74, 6) is 0.385. The minimum Gasteiger partial charge on any atom is -0.381 e. The molecule has 7 heteroatoms. The van der Waals surface area contributed by atoms with Gasteiger partial charge in [-0.25, -0.2) is 4.68 Å². The van der Waals surface area contributed by atoms with Crippen LogP contribution in [0.3, 0.4) is 0 Å². The fraction of sp³-hybridized carbons (Fsp3) is 0.412. The van der Waals surface area contributed by atoms with Crippen LogP contribution < -0.4 is 0 Å². The number of halogens is 2. The number of hydrogen-bond donors (Lipinski definition) is 0. The second kappa shape index (κ2) is 7.55. The molecule has 24 heavy (non-hydrogen) atoms. The summed E-state index contributed by atoms with van der Waals surface area (Å²) in [6, 6.07) is 5.17. The minimum absolute atomic E-state index is 0.0271. The van der Waals surface area contributed by atoms with Crippen LogP contribution >= 0.6 is 23.2 Å². The molecule has 1 fully saturated rings. The van der Waals surface area contributed by atoms with Gasteiger partial charge >= 0.3 is 0 Å². The van der Waals surface area contributed by atoms with Crippen molar-refractivity contribution in [2.75, 3.05) is 26.3 Å². The molecule has 1 amide bonds. The number of aromatic nitrogens is 2. The summed E-state index contributed by atoms with van der Waals surface area (Å²) in [7, 11) is 0. The van der Waals surface area contributed by atoms with Gasteiger partial charge in [0.1, 0.15) is 0 Å². The summed E-state index contributed by atoms with van der Waals surface area (Å²) in [6.45, 7) is 4.85. The third-order valence-corrected chi connectivity index (χ3v) is 4.70. The number of amides is 1. The Balaban J connectivity index is 1.77. The van der Waals surface area contributed by atoms with Gasteiger partial charge in [0.2, 0.25) is 0 Å². The lowest BCUT2D eigenvalue weighted by Crippen LogP contribution is -2.35. The number of rotatable bonds is 5. The molecular formula is C17H19Cl2N3O2. The molecule has 1 aromatic heterocycles. The monoisotopic (exact) mass is 367 g/mol. The van der Waals surface area contributed by atoms with E-state index in [0.717, 1.165) is 19.6 Å². The van der Waals surface area contributed by atoms with E-state index >= 15 is 0 Å². The summed E-state index contributed by atoms with van der Waals surface area (Å²) in [4.78, 5) is 14.6. The SMILES string of the molecule is CCN(C[C@H]1CCOC1)C(=O)c1cnn(-c2ccc(Cl)cc2Cl)c1. The molecule has 0 radical (unpaired) electrons. The van der Waals surface area contributed by atoms with Crippen LogP contribution in [0.25, 0.3) is 5.69 Å². The first kappa shape index (κ1) is 17.3. The molecule has 1 aliphatic rings. The third-order valence-electron chi connectivity index (χ3n) is 4.16. The Hall–Kier alpha value is -1.56. The maximum absolute atomic E-state index is 12.7. The molecule has 1 atom stereocenters. The fourth-order valence-corrected chi connectivity index (χ4v) is 3.30. The molecule has 1 saturated heterocycles. The molecule has 3 rings (SSSR count). The summed E-state index contributed by atoms with van der Waals surface area (Å²) in [5, 5.41) is 5.31. The highest BCUT2D eigenvalue weighted by Crippen LogP contribution is 2.24. The number of hydrogen-bond acceptors (Lipinski definition) is 3. The lowest BCUT2D eigenvalue weighted by Gasteiger charge is -2.23. The van der Waals surface area contributed by atoms with Gasteiger partial charge in [-0.05, 0) is 31.5 Å². The first-order valence-electron chi connectivity index (χ1n) is 7.95. The topological polar surface area (TPSA) is 47.4 Å². The lowest BCUT2D eigenvalue weighted by atomic mass is 10.1. The molecule has 0 bridgehead atoms. The van der Waals surface area contributed by atoms with Crippen molar-refractivity contribution < 1.29 is 9.53 Å². The van der Waals surface area contributed by atoms with Crippen molar-refractivity contribution in [3.05, 3.63) is 46.2 Å². The summed E-state index contributed by atoms with van der Waals surface area (Å²) < 4.78 is 6.99. The van der Waals surface area contributed by atoms with Crippen molar-refractivity contribution in [2.24, 2.45) is 5.92 Å². The van der Waals surface area contributed by atoms with Crippen LogP contribution in [-0.2, 0) is 4.74 Å². The van der Waals surface area contributed by atoms with Crippen molar-refractivity contribution >= 4 is 29.1 Å². The zero-order valence-electron chi connectivity index (χ0n) is 13.4. The molecule has 0 unspecified atom stereocenters. The first-order chi connectivity index (χ1) is 11.6. The fourth-order valence-electron chi connectivity index (χ4n) is 2.81. The molecule has 1 aliphatic heterocycles. The van der Waals surface area contributed by atoms with Crippen LogP contribution in [0.5, 0.6) is 0 Å². The van der Waals surface area contributed by atoms with Gasteiger partial charge in [0.05, 0.1) is 29.1 Å². The van der Waals surface area contributed by atoms with Crippen molar-refractivity contribution in [3.8, 4) is 5.69 Å². The summed E-state index contributed by atoms with van der Waals surface area (Å²) in [5.41, 5.74) is 1.23. The highest BCUT2D eigenvalue weighted by atomic mass is 35.5. The highest BCUT2D eigenvalue weighted by molar-refractivity contribution is 6.35. The molecular weight excluding hydrogens is 349 g/mol. The number of benzene rings is 1. The van der Waals surface area contributed by atoms with E-state index in [9.17, 15) is 4.79 Å². The van der Waals surface area contributed by atoms with E-state index in [-0.39, 0.29) is 5.91 Å². The quantitative estimate of drug-likeness (QED) is 0.809. The zero-order chi connectivity index (χ0) is 17.1. The van der Waals surface area contributed by atoms with E-state index in [1.807, 2.05) is 11.8 Å². The molecule has 0 saturated carbocycles. The smallest absolute Gasteiger partial charge is 0.257 e. The number of carbonyl (C=O) groups is 1. The van der Waals surface area contributed by atoms with Crippen LogP contribution in [0.4, 0.5) is 0 Å². The largest absolute Gasteiger partial charge is 0.381 e. The standard InChI is InChI=1S/C17H19Cl2N3O2/c1-2-21(9-12-5-6-24-11-12)17(23)13-8-20-22(10-13)16-4-3-14(18)7-15(16)19/h3-4,7-8,10,12H,2,5-6,9,11H2,1H3/t12-/m1/s1. The third kappa shape index (κ3) is 3.74. The predicted molar refractivity (Wildman–Crippen MR) is 94.1 cm³/mol. The van der Waals surface area contributed by atoms with Crippen LogP contribution in [0.2, 0.25) is 10.0 Å². The Morgan fingerprint density at radius 2 is 2.29 bits per heavy atom. The van der Waals surface area contributed by atoms with Crippen LogP contribution in [0.1, 0.15) is 23.7 Å². The summed E-state index contributed by atoms with van der Waals surface area (Å²) in [6.07, 6.45) is 4.27. The van der Waals surface area contributed by atoms with Crippen LogP contribution in [0, 0.1) is 5.92 Å². The van der Waals surface area contributed by atoms with Crippen LogP contribution in [0.15, 0.2) is 30.6 Å². The predicted octanol–water partition coefficient (Wildman–Crippen LogP) is 3.68. The van der Waals surface area contributed by atoms with Gasteiger partial charge in [0.15, 0.2) is 0 Å². The number of nitrogens with zero attached hydrogens (tertiary/aromatic N) is 3. The Kier molecular flexibility index (Phi) is 5.43. The number of carbonyl (C=O) groups excluding carboxylic acids is 1. The maximum Gasteiger partial charge on any atom is 0.257 e. The van der Waals surface area contributed by atoms with E-state index in [4.69, 9.17) is 27.9 Å². The Labute approximate surface area is 151 Å². The van der Waals surface area contributed by atoms with Crippen molar-refractivity contribution in [1.29, 1.82) is 0 Å². The van der Waals surface area contributed by atoms with Crippen LogP contribution in [-0.4, -0.2) is 46.9 Å². The van der Waals surface area contributed by atoms with E-state index < -0.39 is 0 Å². The molecule has 2 heterocycles. The van der Waals surface area contributed by atoms with Gasteiger partial charge in [-0.15, -0.1) is 0 Å². The van der Waals surface area contributed by atoms with Gasteiger partial charge in [0.25, 0.3) is 5.91 Å². The molecule has 128 valence electrons. The Bertz CT molecular complexity index is 726. The molecule has 2 aromatic rings. The Morgan fingerprint density at radius 1 is 1.46 bits per heavy atom. The normalized spacial score (nSPS) is 17.2. The number of ether oxygens (including phenoxy) is 1. The minimum atomic E-state index is -0.0271. The van der Waals surface area contributed by atoms with Crippen molar-refractivity contribution in [3.63, 3.8) is 0 Å². The lowest BCUT2D eigenvalue weighted by molar-refractivity contribution is 0.0731. The maximum atomic E-state index is 12.7. The summed E-state index contributed by atoms with van der Waals surface area (Å²) >= 11 is 12.1. The Morgan fingerprint density at radius 3 is 2.96 bits per heavy atom. The molecule has 1 aromatic carbocycles.